The first kappa shape index (κ1) is 15.0. The fourth-order valence-electron chi connectivity index (χ4n) is 1.72. The smallest absolute Gasteiger partial charge is 0.231 e. The van der Waals surface area contributed by atoms with Crippen LogP contribution in [0.2, 0.25) is 5.28 Å². The third-order valence-electron chi connectivity index (χ3n) is 2.77. The highest BCUT2D eigenvalue weighted by Crippen LogP contribution is 2.18. The molecule has 1 unspecified atom stereocenters. The zero-order valence-corrected chi connectivity index (χ0v) is 12.7. The van der Waals surface area contributed by atoms with E-state index in [1.54, 1.807) is 0 Å². The van der Waals surface area contributed by atoms with Gasteiger partial charge in [0.1, 0.15) is 0 Å². The molecule has 5 nitrogen and oxygen atoms in total. The van der Waals surface area contributed by atoms with Crippen molar-refractivity contribution in [2.75, 3.05) is 30.9 Å². The predicted molar refractivity (Wildman–Crippen MR) is 76.5 cm³/mol. The van der Waals surface area contributed by atoms with E-state index >= 15 is 0 Å². The van der Waals surface area contributed by atoms with Crippen molar-refractivity contribution in [1.29, 1.82) is 0 Å². The van der Waals surface area contributed by atoms with Crippen LogP contribution in [0.5, 0.6) is 0 Å². The van der Waals surface area contributed by atoms with Crippen LogP contribution in [0, 0.1) is 5.92 Å². The summed E-state index contributed by atoms with van der Waals surface area (Å²) in [4.78, 5) is 16.5. The van der Waals surface area contributed by atoms with E-state index in [0.29, 0.717) is 23.9 Å². The summed E-state index contributed by atoms with van der Waals surface area (Å²) in [5.74, 6) is 1.83. The first-order valence-corrected chi connectivity index (χ1v) is 6.50. The van der Waals surface area contributed by atoms with Crippen LogP contribution < -0.4 is 9.80 Å². The highest BCUT2D eigenvalue weighted by atomic mass is 35.5. The summed E-state index contributed by atoms with van der Waals surface area (Å²) >= 11 is 5.93. The molecule has 0 aliphatic heterocycles. The van der Waals surface area contributed by atoms with Crippen LogP contribution in [0.4, 0.5) is 11.9 Å². The summed E-state index contributed by atoms with van der Waals surface area (Å²) in [7, 11) is 5.75. The quantitative estimate of drug-likeness (QED) is 0.823. The van der Waals surface area contributed by atoms with E-state index in [0.717, 1.165) is 6.42 Å². The minimum absolute atomic E-state index is 0.229. The zero-order chi connectivity index (χ0) is 13.9. The lowest BCUT2D eigenvalue weighted by atomic mass is 10.0. The monoisotopic (exact) mass is 271 g/mol. The zero-order valence-electron chi connectivity index (χ0n) is 12.0. The molecule has 0 spiro atoms. The van der Waals surface area contributed by atoms with Gasteiger partial charge in [-0.2, -0.15) is 15.0 Å². The van der Waals surface area contributed by atoms with Crippen molar-refractivity contribution in [3.8, 4) is 0 Å². The average Bonchev–Trinajstić information content (AvgIpc) is 2.26. The van der Waals surface area contributed by atoms with Crippen LogP contribution in [0.3, 0.4) is 0 Å². The van der Waals surface area contributed by atoms with Gasteiger partial charge in [0.2, 0.25) is 17.2 Å². The molecule has 0 amide bonds. The lowest BCUT2D eigenvalue weighted by Gasteiger charge is -2.26. The largest absolute Gasteiger partial charge is 0.347 e. The molecule has 0 saturated heterocycles. The Bertz CT molecular complexity index is 394. The maximum absolute atomic E-state index is 5.93. The van der Waals surface area contributed by atoms with Crippen LogP contribution in [0.15, 0.2) is 0 Å². The van der Waals surface area contributed by atoms with Crippen molar-refractivity contribution in [1.82, 2.24) is 15.0 Å². The molecule has 0 fully saturated rings. The van der Waals surface area contributed by atoms with Crippen LogP contribution >= 0.6 is 11.6 Å². The van der Waals surface area contributed by atoms with E-state index in [9.17, 15) is 0 Å². The first-order valence-electron chi connectivity index (χ1n) is 6.13. The Balaban J connectivity index is 2.94. The Labute approximate surface area is 114 Å². The fourth-order valence-corrected chi connectivity index (χ4v) is 1.88. The van der Waals surface area contributed by atoms with Crippen LogP contribution in [0.25, 0.3) is 0 Å². The SMILES string of the molecule is CC(C)CC(C)N(C)c1nc(Cl)nc(N(C)C)n1. The molecule has 6 heteroatoms. The molecule has 0 aromatic carbocycles. The van der Waals surface area contributed by atoms with Crippen molar-refractivity contribution in [3.05, 3.63) is 5.28 Å². The Morgan fingerprint density at radius 3 is 2.06 bits per heavy atom. The van der Waals surface area contributed by atoms with Gasteiger partial charge in [-0.3, -0.25) is 0 Å². The number of halogens is 1. The van der Waals surface area contributed by atoms with Crippen molar-refractivity contribution in [3.63, 3.8) is 0 Å². The van der Waals surface area contributed by atoms with Crippen LogP contribution in [0.1, 0.15) is 27.2 Å². The number of hydrogen-bond donors (Lipinski definition) is 0. The molecule has 18 heavy (non-hydrogen) atoms. The molecular formula is C12H22ClN5. The molecule has 0 aliphatic carbocycles. The number of aromatic nitrogens is 3. The van der Waals surface area contributed by atoms with Gasteiger partial charge in [0.05, 0.1) is 0 Å². The van der Waals surface area contributed by atoms with E-state index in [2.05, 4.69) is 35.7 Å². The van der Waals surface area contributed by atoms with E-state index in [4.69, 9.17) is 11.6 Å². The second-order valence-electron chi connectivity index (χ2n) is 5.19. The Kier molecular flexibility index (Phi) is 5.14. The van der Waals surface area contributed by atoms with Crippen molar-refractivity contribution in [2.45, 2.75) is 33.2 Å². The van der Waals surface area contributed by atoms with E-state index in [1.165, 1.54) is 0 Å². The van der Waals surface area contributed by atoms with Crippen LogP contribution in [-0.2, 0) is 0 Å². The number of nitrogens with zero attached hydrogens (tertiary/aromatic N) is 5. The summed E-state index contributed by atoms with van der Waals surface area (Å²) in [6.07, 6.45) is 1.08. The van der Waals surface area contributed by atoms with Gasteiger partial charge in [0, 0.05) is 27.2 Å². The summed E-state index contributed by atoms with van der Waals surface area (Å²) in [5, 5.41) is 0.229. The molecule has 102 valence electrons. The molecular weight excluding hydrogens is 250 g/mol. The van der Waals surface area contributed by atoms with Gasteiger partial charge in [-0.25, -0.2) is 0 Å². The first-order chi connectivity index (χ1) is 8.31. The van der Waals surface area contributed by atoms with Gasteiger partial charge >= 0.3 is 0 Å². The predicted octanol–water partition coefficient (Wildman–Crippen LogP) is 2.46. The van der Waals surface area contributed by atoms with Gasteiger partial charge < -0.3 is 9.80 Å². The third-order valence-corrected chi connectivity index (χ3v) is 2.94. The Morgan fingerprint density at radius 1 is 1.00 bits per heavy atom. The van der Waals surface area contributed by atoms with E-state index in [-0.39, 0.29) is 5.28 Å². The highest BCUT2D eigenvalue weighted by molar-refractivity contribution is 6.28. The van der Waals surface area contributed by atoms with Crippen molar-refractivity contribution >= 4 is 23.5 Å². The topological polar surface area (TPSA) is 45.2 Å². The average molecular weight is 272 g/mol. The van der Waals surface area contributed by atoms with Gasteiger partial charge in [0.25, 0.3) is 0 Å². The molecule has 0 aliphatic rings. The number of anilines is 2. The van der Waals surface area contributed by atoms with Gasteiger partial charge in [0.15, 0.2) is 0 Å². The van der Waals surface area contributed by atoms with Gasteiger partial charge in [-0.15, -0.1) is 0 Å². The Morgan fingerprint density at radius 2 is 1.56 bits per heavy atom. The standard InChI is InChI=1S/C12H22ClN5/c1-8(2)7-9(3)18(6)12-15-10(13)14-11(16-12)17(4)5/h8-9H,7H2,1-6H3. The molecule has 1 aromatic heterocycles. The maximum Gasteiger partial charge on any atom is 0.231 e. The van der Waals surface area contributed by atoms with Gasteiger partial charge in [-0.05, 0) is 30.9 Å². The molecule has 0 N–H and O–H groups in total. The minimum Gasteiger partial charge on any atom is -0.347 e. The lowest BCUT2D eigenvalue weighted by Crippen LogP contribution is -2.32. The molecule has 0 saturated carbocycles. The molecule has 1 atom stereocenters. The van der Waals surface area contributed by atoms with E-state index in [1.807, 2.05) is 30.9 Å². The molecule has 1 aromatic rings. The summed E-state index contributed by atoms with van der Waals surface area (Å²) in [5.41, 5.74) is 0. The summed E-state index contributed by atoms with van der Waals surface area (Å²) < 4.78 is 0. The molecule has 1 heterocycles. The second-order valence-corrected chi connectivity index (χ2v) is 5.53. The molecule has 0 radical (unpaired) electrons. The summed E-state index contributed by atoms with van der Waals surface area (Å²) in [6.45, 7) is 6.57. The third kappa shape index (κ3) is 3.98. The van der Waals surface area contributed by atoms with Crippen molar-refractivity contribution in [2.24, 2.45) is 5.92 Å². The van der Waals surface area contributed by atoms with Gasteiger partial charge in [-0.1, -0.05) is 13.8 Å². The number of hydrogen-bond acceptors (Lipinski definition) is 5. The second kappa shape index (κ2) is 6.18. The minimum atomic E-state index is 0.229. The van der Waals surface area contributed by atoms with E-state index < -0.39 is 0 Å². The maximum atomic E-state index is 5.93. The summed E-state index contributed by atoms with van der Waals surface area (Å²) in [6, 6.07) is 0.360. The Hall–Kier alpha value is -1.10. The van der Waals surface area contributed by atoms with Crippen molar-refractivity contribution < 1.29 is 0 Å². The molecule has 1 rings (SSSR count). The lowest BCUT2D eigenvalue weighted by molar-refractivity contribution is 0.499. The fraction of sp³-hybridized carbons (Fsp3) is 0.750. The number of rotatable bonds is 5. The molecule has 0 bridgehead atoms. The van der Waals surface area contributed by atoms with Crippen LogP contribution in [-0.4, -0.2) is 42.1 Å². The normalized spacial score (nSPS) is 12.7. The highest BCUT2D eigenvalue weighted by Gasteiger charge is 2.16.